The van der Waals surface area contributed by atoms with Crippen LogP contribution in [0.3, 0.4) is 0 Å². The van der Waals surface area contributed by atoms with E-state index < -0.39 is 29.3 Å². The largest absolute Gasteiger partial charge is 0.465 e. The van der Waals surface area contributed by atoms with Crippen molar-refractivity contribution in [3.05, 3.63) is 0 Å². The molecule has 0 aromatic rings. The highest BCUT2D eigenvalue weighted by molar-refractivity contribution is 5.70. The van der Waals surface area contributed by atoms with Crippen LogP contribution in [0.25, 0.3) is 0 Å². The molecule has 25 heavy (non-hydrogen) atoms. The third-order valence-electron chi connectivity index (χ3n) is 3.15. The van der Waals surface area contributed by atoms with E-state index in [2.05, 4.69) is 0 Å². The molecule has 0 saturated heterocycles. The van der Waals surface area contributed by atoms with Gasteiger partial charge in [0.05, 0.1) is 0 Å². The quantitative estimate of drug-likeness (QED) is 0.383. The second-order valence-corrected chi connectivity index (χ2v) is 5.88. The molecule has 0 radical (unpaired) electrons. The van der Waals surface area contributed by atoms with E-state index in [9.17, 15) is 19.2 Å². The SMILES string of the molecule is CCCC(=O)OCC(COC(C)=O)(COC(C)=O)COC(=O)CCC. The van der Waals surface area contributed by atoms with Crippen LogP contribution in [0.15, 0.2) is 0 Å². The number of esters is 4. The minimum absolute atomic E-state index is 0.203. The van der Waals surface area contributed by atoms with Crippen molar-refractivity contribution in [1.29, 1.82) is 0 Å². The van der Waals surface area contributed by atoms with E-state index in [1.54, 1.807) is 0 Å². The van der Waals surface area contributed by atoms with E-state index in [1.165, 1.54) is 13.8 Å². The Kier molecular flexibility index (Phi) is 11.2. The summed E-state index contributed by atoms with van der Waals surface area (Å²) in [6.07, 6.45) is 1.69. The Morgan fingerprint density at radius 3 is 1.24 bits per heavy atom. The third-order valence-corrected chi connectivity index (χ3v) is 3.15. The van der Waals surface area contributed by atoms with Gasteiger partial charge in [-0.3, -0.25) is 19.2 Å². The molecule has 0 bridgehead atoms. The molecule has 8 nitrogen and oxygen atoms in total. The first-order valence-corrected chi connectivity index (χ1v) is 8.32. The zero-order valence-corrected chi connectivity index (χ0v) is 15.4. The Labute approximate surface area is 148 Å². The van der Waals surface area contributed by atoms with Gasteiger partial charge in [-0.05, 0) is 12.8 Å². The average molecular weight is 360 g/mol. The van der Waals surface area contributed by atoms with Crippen molar-refractivity contribution in [2.45, 2.75) is 53.4 Å². The van der Waals surface area contributed by atoms with Gasteiger partial charge in [0.2, 0.25) is 0 Å². The second-order valence-electron chi connectivity index (χ2n) is 5.88. The van der Waals surface area contributed by atoms with Gasteiger partial charge in [0, 0.05) is 26.7 Å². The fourth-order valence-electron chi connectivity index (χ4n) is 1.78. The second kappa shape index (κ2) is 12.3. The van der Waals surface area contributed by atoms with Gasteiger partial charge in [0.15, 0.2) is 0 Å². The standard InChI is InChI=1S/C17H28O8/c1-5-7-15(20)24-11-17(9-22-13(3)18,10-23-14(4)19)12-25-16(21)8-6-2/h5-12H2,1-4H3. The van der Waals surface area contributed by atoms with Crippen molar-refractivity contribution >= 4 is 23.9 Å². The van der Waals surface area contributed by atoms with E-state index in [4.69, 9.17) is 18.9 Å². The van der Waals surface area contributed by atoms with E-state index >= 15 is 0 Å². The van der Waals surface area contributed by atoms with Crippen LogP contribution >= 0.6 is 0 Å². The van der Waals surface area contributed by atoms with Crippen molar-refractivity contribution in [2.24, 2.45) is 5.41 Å². The van der Waals surface area contributed by atoms with Gasteiger partial charge < -0.3 is 18.9 Å². The lowest BCUT2D eigenvalue weighted by molar-refractivity contribution is -0.169. The summed E-state index contributed by atoms with van der Waals surface area (Å²) in [5.41, 5.74) is -1.15. The fourth-order valence-corrected chi connectivity index (χ4v) is 1.78. The van der Waals surface area contributed by atoms with Crippen molar-refractivity contribution in [3.63, 3.8) is 0 Å². The highest BCUT2D eigenvalue weighted by Gasteiger charge is 2.37. The van der Waals surface area contributed by atoms with Crippen LogP contribution < -0.4 is 0 Å². The van der Waals surface area contributed by atoms with Gasteiger partial charge in [-0.2, -0.15) is 0 Å². The Hall–Kier alpha value is -2.12. The molecule has 0 N–H and O–H groups in total. The van der Waals surface area contributed by atoms with Crippen LogP contribution in [-0.2, 0) is 38.1 Å². The molecule has 0 heterocycles. The lowest BCUT2D eigenvalue weighted by Gasteiger charge is -2.31. The van der Waals surface area contributed by atoms with Crippen LogP contribution in [0.4, 0.5) is 0 Å². The monoisotopic (exact) mass is 360 g/mol. The first-order valence-electron chi connectivity index (χ1n) is 8.32. The van der Waals surface area contributed by atoms with Crippen LogP contribution in [0, 0.1) is 5.41 Å². The van der Waals surface area contributed by atoms with Crippen molar-refractivity contribution in [1.82, 2.24) is 0 Å². The molecular weight excluding hydrogens is 332 g/mol. The molecule has 0 aliphatic carbocycles. The highest BCUT2D eigenvalue weighted by atomic mass is 16.6. The third kappa shape index (κ3) is 11.1. The summed E-state index contributed by atoms with van der Waals surface area (Å²) in [6.45, 7) is 5.28. The Bertz CT molecular complexity index is 416. The molecule has 0 spiro atoms. The summed E-state index contributed by atoms with van der Waals surface area (Å²) in [5.74, 6) is -1.96. The summed E-state index contributed by atoms with van der Waals surface area (Å²) in [7, 11) is 0. The zero-order chi connectivity index (χ0) is 19.3. The maximum Gasteiger partial charge on any atom is 0.305 e. The molecule has 0 fully saturated rings. The number of hydrogen-bond acceptors (Lipinski definition) is 8. The van der Waals surface area contributed by atoms with Gasteiger partial charge >= 0.3 is 23.9 Å². The number of ether oxygens (including phenoxy) is 4. The molecular formula is C17H28O8. The lowest BCUT2D eigenvalue weighted by atomic mass is 9.92. The van der Waals surface area contributed by atoms with E-state index in [0.717, 1.165) is 0 Å². The maximum atomic E-state index is 11.7. The zero-order valence-electron chi connectivity index (χ0n) is 15.4. The number of carbonyl (C=O) groups excluding carboxylic acids is 4. The summed E-state index contributed by atoms with van der Waals surface area (Å²) in [6, 6.07) is 0. The molecule has 144 valence electrons. The number of carbonyl (C=O) groups is 4. The van der Waals surface area contributed by atoms with E-state index in [0.29, 0.717) is 12.8 Å². The van der Waals surface area contributed by atoms with Gasteiger partial charge in [-0.25, -0.2) is 0 Å². The smallest absolute Gasteiger partial charge is 0.305 e. The minimum Gasteiger partial charge on any atom is -0.465 e. The summed E-state index contributed by atoms with van der Waals surface area (Å²) in [5, 5.41) is 0. The fraction of sp³-hybridized carbons (Fsp3) is 0.765. The average Bonchev–Trinajstić information content (AvgIpc) is 2.54. The molecule has 0 atom stereocenters. The first-order chi connectivity index (χ1) is 11.7. The topological polar surface area (TPSA) is 105 Å². The summed E-state index contributed by atoms with van der Waals surface area (Å²) >= 11 is 0. The molecule has 8 heteroatoms. The van der Waals surface area contributed by atoms with Crippen molar-refractivity contribution in [3.8, 4) is 0 Å². The Morgan fingerprint density at radius 2 is 0.960 bits per heavy atom. The predicted molar refractivity (Wildman–Crippen MR) is 87.4 cm³/mol. The molecule has 0 aliphatic rings. The summed E-state index contributed by atoms with van der Waals surface area (Å²) in [4.78, 5) is 45.7. The molecule has 0 aromatic heterocycles. The Morgan fingerprint density at radius 1 is 0.640 bits per heavy atom. The molecule has 0 aromatic carbocycles. The maximum absolute atomic E-state index is 11.7. The van der Waals surface area contributed by atoms with E-state index in [1.807, 2.05) is 13.8 Å². The van der Waals surface area contributed by atoms with Crippen LogP contribution in [0.2, 0.25) is 0 Å². The van der Waals surface area contributed by atoms with Crippen LogP contribution in [-0.4, -0.2) is 50.3 Å². The molecule has 0 aliphatic heterocycles. The normalized spacial score (nSPS) is 10.7. The van der Waals surface area contributed by atoms with E-state index in [-0.39, 0.29) is 39.3 Å². The van der Waals surface area contributed by atoms with Crippen molar-refractivity contribution in [2.75, 3.05) is 26.4 Å². The molecule has 0 unspecified atom stereocenters. The Balaban J connectivity index is 5.14. The van der Waals surface area contributed by atoms with Gasteiger partial charge in [0.1, 0.15) is 31.8 Å². The predicted octanol–water partition coefficient (Wildman–Crippen LogP) is 1.79. The number of hydrogen-bond donors (Lipinski definition) is 0. The van der Waals surface area contributed by atoms with Crippen LogP contribution in [0.5, 0.6) is 0 Å². The van der Waals surface area contributed by atoms with Crippen LogP contribution in [0.1, 0.15) is 53.4 Å². The molecule has 0 saturated carbocycles. The highest BCUT2D eigenvalue weighted by Crippen LogP contribution is 2.22. The van der Waals surface area contributed by atoms with Gasteiger partial charge in [0.25, 0.3) is 0 Å². The van der Waals surface area contributed by atoms with Crippen molar-refractivity contribution < 1.29 is 38.1 Å². The first kappa shape index (κ1) is 22.9. The number of rotatable bonds is 12. The minimum atomic E-state index is -1.15. The molecule has 0 amide bonds. The molecule has 0 rings (SSSR count). The van der Waals surface area contributed by atoms with Gasteiger partial charge in [-0.15, -0.1) is 0 Å². The van der Waals surface area contributed by atoms with Gasteiger partial charge in [-0.1, -0.05) is 13.8 Å². The summed E-state index contributed by atoms with van der Waals surface area (Å²) < 4.78 is 20.4. The lowest BCUT2D eigenvalue weighted by Crippen LogP contribution is -2.43.